The van der Waals surface area contributed by atoms with Crippen molar-refractivity contribution >= 4 is 17.9 Å². The molecule has 1 saturated carbocycles. The van der Waals surface area contributed by atoms with Crippen LogP contribution in [0.15, 0.2) is 24.3 Å². The largest absolute Gasteiger partial charge is 0.494 e. The molecule has 1 aliphatic carbocycles. The Morgan fingerprint density at radius 3 is 2.48 bits per heavy atom. The molecule has 148 valence electrons. The van der Waals surface area contributed by atoms with Crippen LogP contribution in [0.4, 0.5) is 4.79 Å². The van der Waals surface area contributed by atoms with E-state index in [1.807, 2.05) is 6.92 Å². The van der Waals surface area contributed by atoms with Gasteiger partial charge in [0, 0.05) is 6.04 Å². The first-order valence-electron chi connectivity index (χ1n) is 9.50. The van der Waals surface area contributed by atoms with Crippen molar-refractivity contribution in [1.29, 1.82) is 0 Å². The Morgan fingerprint density at radius 1 is 1.11 bits per heavy atom. The van der Waals surface area contributed by atoms with Crippen LogP contribution in [0.2, 0.25) is 0 Å². The average molecular weight is 376 g/mol. The van der Waals surface area contributed by atoms with Crippen LogP contribution in [0.3, 0.4) is 0 Å². The first kappa shape index (κ1) is 20.7. The second kappa shape index (κ2) is 10.5. The summed E-state index contributed by atoms with van der Waals surface area (Å²) in [6.45, 7) is 4.19. The van der Waals surface area contributed by atoms with Gasteiger partial charge in [0.1, 0.15) is 5.75 Å². The van der Waals surface area contributed by atoms with E-state index in [2.05, 4.69) is 17.6 Å². The molecule has 7 heteroatoms. The molecule has 0 radical (unpaired) electrons. The number of ether oxygens (including phenoxy) is 2. The molecule has 1 aliphatic rings. The molecule has 1 fully saturated rings. The first-order chi connectivity index (χ1) is 13.0. The van der Waals surface area contributed by atoms with Gasteiger partial charge in [0.2, 0.25) is 0 Å². The number of rotatable bonds is 7. The average Bonchev–Trinajstić information content (AvgIpc) is 2.66. The fraction of sp³-hybridized carbons (Fsp3) is 0.550. The van der Waals surface area contributed by atoms with E-state index in [-0.39, 0.29) is 6.04 Å². The van der Waals surface area contributed by atoms with E-state index >= 15 is 0 Å². The normalized spacial score (nSPS) is 19.0. The van der Waals surface area contributed by atoms with E-state index in [4.69, 9.17) is 9.47 Å². The number of urea groups is 1. The van der Waals surface area contributed by atoms with E-state index in [0.717, 1.165) is 25.7 Å². The highest BCUT2D eigenvalue weighted by Crippen LogP contribution is 2.23. The molecule has 0 unspecified atom stereocenters. The summed E-state index contributed by atoms with van der Waals surface area (Å²) in [4.78, 5) is 35.7. The van der Waals surface area contributed by atoms with Crippen LogP contribution in [0.5, 0.6) is 5.75 Å². The third kappa shape index (κ3) is 6.92. The molecule has 2 N–H and O–H groups in total. The van der Waals surface area contributed by atoms with Crippen molar-refractivity contribution in [3.05, 3.63) is 29.8 Å². The van der Waals surface area contributed by atoms with Crippen molar-refractivity contribution in [2.24, 2.45) is 5.92 Å². The number of carbonyl (C=O) groups excluding carboxylic acids is 3. The van der Waals surface area contributed by atoms with Gasteiger partial charge in [-0.1, -0.05) is 26.7 Å². The number of amides is 3. The molecule has 3 amide bonds. The fourth-order valence-electron chi connectivity index (χ4n) is 3.02. The number of esters is 1. The molecule has 1 aromatic carbocycles. The van der Waals surface area contributed by atoms with Crippen LogP contribution in [0, 0.1) is 5.92 Å². The van der Waals surface area contributed by atoms with Gasteiger partial charge in [0.05, 0.1) is 12.2 Å². The molecule has 0 bridgehead atoms. The number of benzene rings is 1. The maximum absolute atomic E-state index is 12.0. The highest BCUT2D eigenvalue weighted by atomic mass is 16.5. The summed E-state index contributed by atoms with van der Waals surface area (Å²) in [5, 5.41) is 5.02. The Labute approximate surface area is 159 Å². The third-order valence-electron chi connectivity index (χ3n) is 4.58. The second-order valence-corrected chi connectivity index (χ2v) is 6.84. The van der Waals surface area contributed by atoms with Crippen molar-refractivity contribution in [2.45, 2.75) is 52.0 Å². The van der Waals surface area contributed by atoms with Gasteiger partial charge in [-0.3, -0.25) is 10.1 Å². The minimum atomic E-state index is -0.660. The first-order valence-corrected chi connectivity index (χ1v) is 9.50. The van der Waals surface area contributed by atoms with Crippen molar-refractivity contribution in [3.8, 4) is 5.75 Å². The second-order valence-electron chi connectivity index (χ2n) is 6.84. The van der Waals surface area contributed by atoms with Crippen LogP contribution >= 0.6 is 0 Å². The van der Waals surface area contributed by atoms with Gasteiger partial charge < -0.3 is 14.8 Å². The molecule has 0 aliphatic heterocycles. The Balaban J connectivity index is 1.72. The SMILES string of the molecule is CCCOc1ccc(C(=O)OCC(=O)NC(=O)N[C@@H]2CCCC[C@H]2C)cc1. The minimum Gasteiger partial charge on any atom is -0.494 e. The summed E-state index contributed by atoms with van der Waals surface area (Å²) in [6.07, 6.45) is 5.12. The van der Waals surface area contributed by atoms with Gasteiger partial charge in [-0.25, -0.2) is 9.59 Å². The van der Waals surface area contributed by atoms with Crippen molar-refractivity contribution in [2.75, 3.05) is 13.2 Å². The molecule has 0 aromatic heterocycles. The molecule has 2 atom stereocenters. The summed E-state index contributed by atoms with van der Waals surface area (Å²) in [6, 6.07) is 6.01. The zero-order valence-electron chi connectivity index (χ0n) is 16.0. The van der Waals surface area contributed by atoms with Crippen LogP contribution in [-0.2, 0) is 9.53 Å². The smallest absolute Gasteiger partial charge is 0.338 e. The molecule has 27 heavy (non-hydrogen) atoms. The summed E-state index contributed by atoms with van der Waals surface area (Å²) >= 11 is 0. The molecular formula is C20H28N2O5. The highest BCUT2D eigenvalue weighted by Gasteiger charge is 2.23. The van der Waals surface area contributed by atoms with Crippen LogP contribution in [-0.4, -0.2) is 37.2 Å². The topological polar surface area (TPSA) is 93.7 Å². The highest BCUT2D eigenvalue weighted by molar-refractivity contribution is 5.97. The zero-order chi connectivity index (χ0) is 19.6. The van der Waals surface area contributed by atoms with Gasteiger partial charge in [0.15, 0.2) is 6.61 Å². The van der Waals surface area contributed by atoms with Gasteiger partial charge in [-0.05, 0) is 49.4 Å². The van der Waals surface area contributed by atoms with Gasteiger partial charge in [-0.15, -0.1) is 0 Å². The van der Waals surface area contributed by atoms with Gasteiger partial charge in [-0.2, -0.15) is 0 Å². The predicted molar refractivity (Wildman–Crippen MR) is 101 cm³/mol. The molecule has 0 heterocycles. The summed E-state index contributed by atoms with van der Waals surface area (Å²) in [5.41, 5.74) is 0.312. The fourth-order valence-corrected chi connectivity index (χ4v) is 3.02. The lowest BCUT2D eigenvalue weighted by Crippen LogP contribution is -2.48. The van der Waals surface area contributed by atoms with E-state index < -0.39 is 24.5 Å². The van der Waals surface area contributed by atoms with Gasteiger partial charge >= 0.3 is 12.0 Å². The summed E-state index contributed by atoms with van der Waals surface area (Å²) in [7, 11) is 0. The van der Waals surface area contributed by atoms with E-state index in [0.29, 0.717) is 23.8 Å². The Kier molecular flexibility index (Phi) is 8.10. The van der Waals surface area contributed by atoms with Crippen molar-refractivity contribution < 1.29 is 23.9 Å². The van der Waals surface area contributed by atoms with Crippen molar-refractivity contribution in [3.63, 3.8) is 0 Å². The molecule has 1 aromatic rings. The van der Waals surface area contributed by atoms with E-state index in [9.17, 15) is 14.4 Å². The third-order valence-corrected chi connectivity index (χ3v) is 4.58. The number of nitrogens with one attached hydrogen (secondary N) is 2. The monoisotopic (exact) mass is 376 g/mol. The van der Waals surface area contributed by atoms with Gasteiger partial charge in [0.25, 0.3) is 5.91 Å². The Bertz CT molecular complexity index is 644. The number of hydrogen-bond donors (Lipinski definition) is 2. The number of hydrogen-bond acceptors (Lipinski definition) is 5. The van der Waals surface area contributed by atoms with E-state index in [1.54, 1.807) is 24.3 Å². The molecular weight excluding hydrogens is 348 g/mol. The number of carbonyl (C=O) groups is 3. The standard InChI is InChI=1S/C20H28N2O5/c1-3-12-26-16-10-8-15(9-11-16)19(24)27-13-18(23)22-20(25)21-17-7-5-4-6-14(17)2/h8-11,14,17H,3-7,12-13H2,1-2H3,(H2,21,22,23,25)/t14-,17-/m1/s1. The quantitative estimate of drug-likeness (QED) is 0.714. The Hall–Kier alpha value is -2.57. The lowest BCUT2D eigenvalue weighted by Gasteiger charge is -2.29. The van der Waals surface area contributed by atoms with Crippen LogP contribution < -0.4 is 15.4 Å². The molecule has 0 saturated heterocycles. The number of imide groups is 1. The molecule has 0 spiro atoms. The summed E-state index contributed by atoms with van der Waals surface area (Å²) < 4.78 is 10.4. The lowest BCUT2D eigenvalue weighted by atomic mass is 9.86. The molecule has 2 rings (SSSR count). The van der Waals surface area contributed by atoms with Crippen LogP contribution in [0.1, 0.15) is 56.3 Å². The Morgan fingerprint density at radius 2 is 1.81 bits per heavy atom. The predicted octanol–water partition coefficient (Wildman–Crippen LogP) is 3.04. The maximum Gasteiger partial charge on any atom is 0.338 e. The zero-order valence-corrected chi connectivity index (χ0v) is 16.0. The maximum atomic E-state index is 12.0. The van der Waals surface area contributed by atoms with E-state index in [1.165, 1.54) is 6.42 Å². The van der Waals surface area contributed by atoms with Crippen LogP contribution in [0.25, 0.3) is 0 Å². The lowest BCUT2D eigenvalue weighted by molar-refractivity contribution is -0.123. The minimum absolute atomic E-state index is 0.0718. The van der Waals surface area contributed by atoms with Crippen molar-refractivity contribution in [1.82, 2.24) is 10.6 Å². The summed E-state index contributed by atoms with van der Waals surface area (Å²) in [5.74, 6) is -0.234. The molecule has 7 nitrogen and oxygen atoms in total.